The number of hydrogen-bond donors (Lipinski definition) is 2. The monoisotopic (exact) mass is 605 g/mol. The number of aryl methyl sites for hydroxylation is 1. The van der Waals surface area contributed by atoms with Gasteiger partial charge in [-0.05, 0) is 76.9 Å². The van der Waals surface area contributed by atoms with Crippen molar-refractivity contribution in [2.75, 3.05) is 5.32 Å². The SMILES string of the molecule is CC(C)OC(=O)Nc1ccc(-c2ncc(-c3ccc(C(=O)CCc4ccccc4)cc3S(=O)(=O)NC(C)(C)C)s2)cc1. The van der Waals surface area contributed by atoms with E-state index in [1.54, 1.807) is 65.1 Å². The standard InChI is InChI=1S/C32H35N3O5S2/c1-21(2)40-31(37)34-25-15-12-23(13-16-25)30-33-20-28(41-30)26-17-14-24(19-29(26)42(38,39)35-32(3,4)5)27(36)18-11-22-9-7-6-8-10-22/h6-10,12-17,19-21,35H,11,18H2,1-5H3,(H,34,37). The minimum Gasteiger partial charge on any atom is -0.447 e. The summed E-state index contributed by atoms with van der Waals surface area (Å²) in [6, 6.07) is 21.7. The van der Waals surface area contributed by atoms with E-state index in [0.29, 0.717) is 33.1 Å². The predicted octanol–water partition coefficient (Wildman–Crippen LogP) is 7.33. The number of aromatic nitrogens is 1. The minimum atomic E-state index is -3.98. The van der Waals surface area contributed by atoms with E-state index in [1.165, 1.54) is 17.4 Å². The minimum absolute atomic E-state index is 0.0291. The number of ketones is 1. The van der Waals surface area contributed by atoms with Gasteiger partial charge in [-0.25, -0.2) is 22.9 Å². The highest BCUT2D eigenvalue weighted by Gasteiger charge is 2.27. The lowest BCUT2D eigenvalue weighted by Gasteiger charge is -2.21. The lowest BCUT2D eigenvalue weighted by molar-refractivity contribution is 0.0982. The van der Waals surface area contributed by atoms with E-state index in [1.807, 2.05) is 42.5 Å². The summed E-state index contributed by atoms with van der Waals surface area (Å²) in [6.45, 7) is 8.85. The van der Waals surface area contributed by atoms with Crippen molar-refractivity contribution < 1.29 is 22.7 Å². The number of anilines is 1. The molecule has 8 nitrogen and oxygen atoms in total. The number of amides is 1. The molecule has 3 aromatic carbocycles. The lowest BCUT2D eigenvalue weighted by Crippen LogP contribution is -2.40. The van der Waals surface area contributed by atoms with Crippen LogP contribution in [0.25, 0.3) is 21.0 Å². The first kappa shape index (κ1) is 31.1. The third kappa shape index (κ3) is 8.34. The number of nitrogens with zero attached hydrogens (tertiary/aromatic N) is 1. The van der Waals surface area contributed by atoms with E-state index in [2.05, 4.69) is 15.0 Å². The highest BCUT2D eigenvalue weighted by Crippen LogP contribution is 2.37. The number of thiazole rings is 1. The Labute approximate surface area is 251 Å². The van der Waals surface area contributed by atoms with Gasteiger partial charge in [-0.15, -0.1) is 11.3 Å². The first-order valence-electron chi connectivity index (χ1n) is 13.6. The van der Waals surface area contributed by atoms with Gasteiger partial charge in [0, 0.05) is 40.5 Å². The molecule has 1 amide bonds. The molecule has 220 valence electrons. The van der Waals surface area contributed by atoms with Crippen LogP contribution >= 0.6 is 11.3 Å². The molecule has 0 aliphatic rings. The van der Waals surface area contributed by atoms with Crippen molar-refractivity contribution in [2.45, 2.75) is 64.0 Å². The van der Waals surface area contributed by atoms with E-state index in [9.17, 15) is 18.0 Å². The summed E-state index contributed by atoms with van der Waals surface area (Å²) >= 11 is 1.34. The van der Waals surface area contributed by atoms with Crippen molar-refractivity contribution in [3.63, 3.8) is 0 Å². The number of sulfonamides is 1. The summed E-state index contributed by atoms with van der Waals surface area (Å²) in [4.78, 5) is 30.2. The van der Waals surface area contributed by atoms with Gasteiger partial charge in [0.05, 0.1) is 15.9 Å². The molecular weight excluding hydrogens is 571 g/mol. The Morgan fingerprint density at radius 3 is 2.31 bits per heavy atom. The number of nitrogens with one attached hydrogen (secondary N) is 2. The van der Waals surface area contributed by atoms with Crippen molar-refractivity contribution in [2.24, 2.45) is 0 Å². The summed E-state index contributed by atoms with van der Waals surface area (Å²) in [7, 11) is -3.98. The number of carbonyl (C=O) groups excluding carboxylic acids is 2. The number of benzene rings is 3. The van der Waals surface area contributed by atoms with Gasteiger partial charge < -0.3 is 4.74 Å². The highest BCUT2D eigenvalue weighted by molar-refractivity contribution is 7.89. The fourth-order valence-electron chi connectivity index (χ4n) is 4.22. The van der Waals surface area contributed by atoms with E-state index in [4.69, 9.17) is 4.74 Å². The number of rotatable bonds is 10. The zero-order valence-electron chi connectivity index (χ0n) is 24.3. The van der Waals surface area contributed by atoms with E-state index < -0.39 is 21.7 Å². The van der Waals surface area contributed by atoms with Gasteiger partial charge in [-0.2, -0.15) is 0 Å². The molecule has 4 rings (SSSR count). The molecule has 0 radical (unpaired) electrons. The molecular formula is C32H35N3O5S2. The molecule has 0 fully saturated rings. The molecule has 0 unspecified atom stereocenters. The van der Waals surface area contributed by atoms with Gasteiger partial charge in [-0.3, -0.25) is 10.1 Å². The average Bonchev–Trinajstić information content (AvgIpc) is 3.41. The molecule has 42 heavy (non-hydrogen) atoms. The lowest BCUT2D eigenvalue weighted by atomic mass is 10.0. The molecule has 2 N–H and O–H groups in total. The molecule has 0 atom stereocenters. The molecule has 1 aromatic heterocycles. The van der Waals surface area contributed by atoms with Crippen LogP contribution in [0.4, 0.5) is 10.5 Å². The van der Waals surface area contributed by atoms with Crippen LogP contribution in [-0.2, 0) is 21.2 Å². The van der Waals surface area contributed by atoms with E-state index >= 15 is 0 Å². The number of ether oxygens (including phenoxy) is 1. The van der Waals surface area contributed by atoms with Crippen molar-refractivity contribution in [3.05, 3.63) is 90.1 Å². The third-order valence-corrected chi connectivity index (χ3v) is 8.89. The Kier molecular flexibility index (Phi) is 9.60. The van der Waals surface area contributed by atoms with Crippen molar-refractivity contribution in [3.8, 4) is 21.0 Å². The van der Waals surface area contributed by atoms with Crippen LogP contribution in [0.3, 0.4) is 0 Å². The molecule has 0 bridgehead atoms. The van der Waals surface area contributed by atoms with Crippen LogP contribution in [0, 0.1) is 0 Å². The van der Waals surface area contributed by atoms with Crippen LogP contribution in [0.15, 0.2) is 83.9 Å². The predicted molar refractivity (Wildman–Crippen MR) is 167 cm³/mol. The largest absolute Gasteiger partial charge is 0.447 e. The van der Waals surface area contributed by atoms with Crippen molar-refractivity contribution in [1.29, 1.82) is 0 Å². The Morgan fingerprint density at radius 2 is 1.67 bits per heavy atom. The van der Waals surface area contributed by atoms with E-state index in [-0.39, 0.29) is 23.2 Å². The first-order chi connectivity index (χ1) is 19.8. The van der Waals surface area contributed by atoms with Crippen LogP contribution in [0.5, 0.6) is 0 Å². The van der Waals surface area contributed by atoms with Crippen LogP contribution in [0.1, 0.15) is 57.0 Å². The Hall–Kier alpha value is -3.86. The molecule has 4 aromatic rings. The second kappa shape index (κ2) is 13.0. The summed E-state index contributed by atoms with van der Waals surface area (Å²) in [6.07, 6.45) is 1.70. The summed E-state index contributed by atoms with van der Waals surface area (Å²) < 4.78 is 35.0. The molecule has 1 heterocycles. The Morgan fingerprint density at radius 1 is 0.976 bits per heavy atom. The maximum Gasteiger partial charge on any atom is 0.411 e. The maximum atomic E-state index is 13.6. The van der Waals surface area contributed by atoms with Crippen molar-refractivity contribution in [1.82, 2.24) is 9.71 Å². The van der Waals surface area contributed by atoms with Gasteiger partial charge in [0.2, 0.25) is 10.0 Å². The molecule has 10 heteroatoms. The molecule has 0 saturated carbocycles. The molecule has 0 spiro atoms. The second-order valence-corrected chi connectivity index (χ2v) is 13.8. The second-order valence-electron chi connectivity index (χ2n) is 11.2. The third-order valence-electron chi connectivity index (χ3n) is 6.01. The molecule has 0 aliphatic heterocycles. The van der Waals surface area contributed by atoms with E-state index in [0.717, 1.165) is 11.1 Å². The average molecular weight is 606 g/mol. The Balaban J connectivity index is 1.62. The van der Waals surface area contributed by atoms with Crippen LogP contribution in [-0.4, -0.2) is 36.9 Å². The van der Waals surface area contributed by atoms with Gasteiger partial charge >= 0.3 is 6.09 Å². The smallest absolute Gasteiger partial charge is 0.411 e. The quantitative estimate of drug-likeness (QED) is 0.183. The summed E-state index contributed by atoms with van der Waals surface area (Å²) in [5, 5.41) is 3.36. The van der Waals surface area contributed by atoms with Crippen LogP contribution in [0.2, 0.25) is 0 Å². The van der Waals surface area contributed by atoms with Gasteiger partial charge in [0.1, 0.15) is 5.01 Å². The number of hydrogen-bond acceptors (Lipinski definition) is 7. The van der Waals surface area contributed by atoms with Crippen LogP contribution < -0.4 is 10.0 Å². The molecule has 0 saturated heterocycles. The number of carbonyl (C=O) groups is 2. The summed E-state index contributed by atoms with van der Waals surface area (Å²) in [5.41, 5.74) is 2.51. The summed E-state index contributed by atoms with van der Waals surface area (Å²) in [5.74, 6) is -0.131. The van der Waals surface area contributed by atoms with Gasteiger partial charge in [0.25, 0.3) is 0 Å². The van der Waals surface area contributed by atoms with Gasteiger partial charge in [-0.1, -0.05) is 42.5 Å². The van der Waals surface area contributed by atoms with Gasteiger partial charge in [0.15, 0.2) is 5.78 Å². The topological polar surface area (TPSA) is 114 Å². The zero-order valence-corrected chi connectivity index (χ0v) is 25.9. The first-order valence-corrected chi connectivity index (χ1v) is 15.9. The molecule has 0 aliphatic carbocycles. The van der Waals surface area contributed by atoms with Crippen molar-refractivity contribution >= 4 is 38.9 Å². The Bertz CT molecular complexity index is 1660. The fraction of sp³-hybridized carbons (Fsp3) is 0.281. The number of Topliss-reactive ketones (excluding diaryl/α,β-unsaturated/α-hetero) is 1. The zero-order chi connectivity index (χ0) is 30.5. The maximum absolute atomic E-state index is 13.6. The highest BCUT2D eigenvalue weighted by atomic mass is 32.2. The fourth-order valence-corrected chi connectivity index (χ4v) is 6.91. The normalized spacial score (nSPS) is 11.9.